The van der Waals surface area contributed by atoms with Crippen molar-refractivity contribution in [3.05, 3.63) is 27.0 Å². The molecule has 0 aliphatic heterocycles. The number of hydrogen-bond acceptors (Lipinski definition) is 5. The van der Waals surface area contributed by atoms with Crippen molar-refractivity contribution >= 4 is 10.0 Å². The van der Waals surface area contributed by atoms with Gasteiger partial charge in [0, 0.05) is 26.8 Å². The van der Waals surface area contributed by atoms with Gasteiger partial charge in [0.1, 0.15) is 0 Å². The highest BCUT2D eigenvalue weighted by molar-refractivity contribution is 7.89. The molecule has 0 fully saturated rings. The van der Waals surface area contributed by atoms with Crippen molar-refractivity contribution in [1.29, 1.82) is 0 Å². The van der Waals surface area contributed by atoms with E-state index in [9.17, 15) is 18.0 Å². The Balaban J connectivity index is 3.09. The summed E-state index contributed by atoms with van der Waals surface area (Å²) in [5.41, 5.74) is -1.40. The van der Waals surface area contributed by atoms with E-state index in [2.05, 4.69) is 10.0 Å². The second-order valence-electron chi connectivity index (χ2n) is 4.11. The van der Waals surface area contributed by atoms with Crippen LogP contribution in [-0.4, -0.2) is 37.7 Å². The third-order valence-corrected chi connectivity index (χ3v) is 4.04. The van der Waals surface area contributed by atoms with Gasteiger partial charge in [-0.3, -0.25) is 9.36 Å². The molecule has 2 N–H and O–H groups in total. The summed E-state index contributed by atoms with van der Waals surface area (Å²) in [6.45, 7) is 0.878. The number of rotatable bonds is 6. The van der Waals surface area contributed by atoms with Crippen LogP contribution in [0.15, 0.2) is 20.7 Å². The van der Waals surface area contributed by atoms with Crippen molar-refractivity contribution in [3.63, 3.8) is 0 Å². The largest absolute Gasteiger partial charge is 0.330 e. The molecule has 0 saturated heterocycles. The van der Waals surface area contributed by atoms with Crippen molar-refractivity contribution in [2.24, 2.45) is 14.1 Å². The minimum Gasteiger partial charge on any atom is -0.320 e. The molecule has 0 atom stereocenters. The SMILES string of the molecule is CNCCCNS(=O)(=O)c1cn(C)c(=O)n(C)c1=O. The van der Waals surface area contributed by atoms with Crippen molar-refractivity contribution in [2.45, 2.75) is 11.3 Å². The average molecular weight is 290 g/mol. The summed E-state index contributed by atoms with van der Waals surface area (Å²) >= 11 is 0. The lowest BCUT2D eigenvalue weighted by Gasteiger charge is -2.08. The summed E-state index contributed by atoms with van der Waals surface area (Å²) in [6, 6.07) is 0. The fourth-order valence-corrected chi connectivity index (χ4v) is 2.74. The molecule has 0 saturated carbocycles. The third-order valence-electron chi connectivity index (χ3n) is 2.60. The number of hydrogen-bond donors (Lipinski definition) is 2. The first kappa shape index (κ1) is 15.6. The molecule has 19 heavy (non-hydrogen) atoms. The zero-order valence-corrected chi connectivity index (χ0v) is 12.0. The molecule has 0 aliphatic carbocycles. The number of aryl methyl sites for hydroxylation is 1. The molecule has 1 aromatic rings. The van der Waals surface area contributed by atoms with Gasteiger partial charge in [0.15, 0.2) is 4.90 Å². The zero-order valence-electron chi connectivity index (χ0n) is 11.1. The maximum Gasteiger partial charge on any atom is 0.330 e. The fourth-order valence-electron chi connectivity index (χ4n) is 1.51. The van der Waals surface area contributed by atoms with Crippen LogP contribution in [0.4, 0.5) is 0 Å². The van der Waals surface area contributed by atoms with E-state index >= 15 is 0 Å². The third kappa shape index (κ3) is 3.52. The van der Waals surface area contributed by atoms with Crippen LogP contribution in [0.1, 0.15) is 6.42 Å². The Morgan fingerprint density at radius 3 is 2.42 bits per heavy atom. The summed E-state index contributed by atoms with van der Waals surface area (Å²) in [4.78, 5) is 22.8. The Hall–Kier alpha value is -1.45. The van der Waals surface area contributed by atoms with Crippen LogP contribution in [0, 0.1) is 0 Å². The van der Waals surface area contributed by atoms with Gasteiger partial charge < -0.3 is 9.88 Å². The number of nitrogens with zero attached hydrogens (tertiary/aromatic N) is 2. The monoisotopic (exact) mass is 290 g/mol. The molecule has 0 unspecified atom stereocenters. The summed E-state index contributed by atoms with van der Waals surface area (Å²) in [6.07, 6.45) is 1.63. The molecule has 8 nitrogen and oxygen atoms in total. The second kappa shape index (κ2) is 6.13. The Morgan fingerprint density at radius 2 is 1.84 bits per heavy atom. The predicted molar refractivity (Wildman–Crippen MR) is 70.7 cm³/mol. The Morgan fingerprint density at radius 1 is 1.21 bits per heavy atom. The van der Waals surface area contributed by atoms with Gasteiger partial charge >= 0.3 is 5.69 Å². The smallest absolute Gasteiger partial charge is 0.320 e. The molecule has 0 aliphatic rings. The standard InChI is InChI=1S/C10H18N4O4S/c1-11-5-4-6-12-19(17,18)8-7-13(2)10(16)14(3)9(8)15/h7,11-12H,4-6H2,1-3H3. The summed E-state index contributed by atoms with van der Waals surface area (Å²) in [7, 11) is 0.489. The van der Waals surface area contributed by atoms with Gasteiger partial charge in [-0.1, -0.05) is 0 Å². The molecule has 108 valence electrons. The maximum atomic E-state index is 12.0. The molecule has 1 heterocycles. The molecular formula is C10H18N4O4S. The number of sulfonamides is 1. The molecule has 1 rings (SSSR count). The van der Waals surface area contributed by atoms with Crippen LogP contribution in [0.25, 0.3) is 0 Å². The van der Waals surface area contributed by atoms with E-state index in [0.717, 1.165) is 15.3 Å². The lowest BCUT2D eigenvalue weighted by Crippen LogP contribution is -2.41. The highest BCUT2D eigenvalue weighted by atomic mass is 32.2. The quantitative estimate of drug-likeness (QED) is 0.588. The topological polar surface area (TPSA) is 102 Å². The minimum atomic E-state index is -3.90. The number of aromatic nitrogens is 2. The van der Waals surface area contributed by atoms with E-state index in [4.69, 9.17) is 0 Å². The van der Waals surface area contributed by atoms with Crippen LogP contribution in [0.2, 0.25) is 0 Å². The van der Waals surface area contributed by atoms with E-state index in [1.54, 1.807) is 7.05 Å². The summed E-state index contributed by atoms with van der Waals surface area (Å²) < 4.78 is 28.1. The van der Waals surface area contributed by atoms with E-state index in [0.29, 0.717) is 13.0 Å². The zero-order chi connectivity index (χ0) is 14.6. The first-order valence-corrected chi connectivity index (χ1v) is 7.20. The van der Waals surface area contributed by atoms with Gasteiger partial charge in [-0.05, 0) is 20.0 Å². The van der Waals surface area contributed by atoms with E-state index in [1.165, 1.54) is 14.1 Å². The predicted octanol–water partition coefficient (Wildman–Crippen LogP) is -2.03. The van der Waals surface area contributed by atoms with Gasteiger partial charge in [0.05, 0.1) is 0 Å². The van der Waals surface area contributed by atoms with Gasteiger partial charge in [0.2, 0.25) is 10.0 Å². The molecule has 1 aromatic heterocycles. The van der Waals surface area contributed by atoms with E-state index in [-0.39, 0.29) is 6.54 Å². The molecule has 0 radical (unpaired) electrons. The molecule has 9 heteroatoms. The van der Waals surface area contributed by atoms with Gasteiger partial charge in [-0.25, -0.2) is 17.9 Å². The Bertz CT molecular complexity index is 659. The van der Waals surface area contributed by atoms with Gasteiger partial charge in [-0.2, -0.15) is 0 Å². The highest BCUT2D eigenvalue weighted by Gasteiger charge is 2.20. The van der Waals surface area contributed by atoms with Crippen LogP contribution in [-0.2, 0) is 24.1 Å². The number of nitrogens with one attached hydrogen (secondary N) is 2. The summed E-state index contributed by atoms with van der Waals surface area (Å²) in [5.74, 6) is 0. The van der Waals surface area contributed by atoms with Crippen LogP contribution >= 0.6 is 0 Å². The van der Waals surface area contributed by atoms with Crippen LogP contribution in [0.5, 0.6) is 0 Å². The normalized spacial score (nSPS) is 11.7. The van der Waals surface area contributed by atoms with Crippen molar-refractivity contribution in [3.8, 4) is 0 Å². The van der Waals surface area contributed by atoms with Crippen LogP contribution in [0.3, 0.4) is 0 Å². The van der Waals surface area contributed by atoms with Crippen molar-refractivity contribution in [2.75, 3.05) is 20.1 Å². The van der Waals surface area contributed by atoms with Gasteiger partial charge in [-0.15, -0.1) is 0 Å². The van der Waals surface area contributed by atoms with E-state index < -0.39 is 26.2 Å². The highest BCUT2D eigenvalue weighted by Crippen LogP contribution is 1.99. The lowest BCUT2D eigenvalue weighted by atomic mass is 10.4. The lowest BCUT2D eigenvalue weighted by molar-refractivity contribution is 0.567. The molecule has 0 spiro atoms. The summed E-state index contributed by atoms with van der Waals surface area (Å²) in [5, 5.41) is 2.88. The molecular weight excluding hydrogens is 272 g/mol. The fraction of sp³-hybridized carbons (Fsp3) is 0.600. The van der Waals surface area contributed by atoms with Crippen molar-refractivity contribution < 1.29 is 8.42 Å². The van der Waals surface area contributed by atoms with Crippen molar-refractivity contribution in [1.82, 2.24) is 19.2 Å². The maximum absolute atomic E-state index is 12.0. The van der Waals surface area contributed by atoms with Crippen LogP contribution < -0.4 is 21.3 Å². The first-order chi connectivity index (χ1) is 8.81. The first-order valence-electron chi connectivity index (χ1n) is 5.72. The molecule has 0 bridgehead atoms. The Kier molecular flexibility index (Phi) is 5.04. The molecule has 0 amide bonds. The Labute approximate surface area is 111 Å². The second-order valence-corrected chi connectivity index (χ2v) is 5.84. The average Bonchev–Trinajstić information content (AvgIpc) is 2.36. The van der Waals surface area contributed by atoms with E-state index in [1.807, 2.05) is 0 Å². The minimum absolute atomic E-state index is 0.217. The van der Waals surface area contributed by atoms with Gasteiger partial charge in [0.25, 0.3) is 5.56 Å². The molecule has 0 aromatic carbocycles.